The molecule has 1 fully saturated rings. The van der Waals surface area contributed by atoms with Crippen molar-refractivity contribution in [2.45, 2.75) is 39.2 Å². The number of ether oxygens (including phenoxy) is 1. The summed E-state index contributed by atoms with van der Waals surface area (Å²) in [6.45, 7) is 6.34. The molecule has 0 bridgehead atoms. The van der Waals surface area contributed by atoms with Crippen LogP contribution in [-0.4, -0.2) is 50.5 Å². The number of carbonyl (C=O) groups excluding carboxylic acids is 2. The summed E-state index contributed by atoms with van der Waals surface area (Å²) in [5.41, 5.74) is 1.17. The summed E-state index contributed by atoms with van der Waals surface area (Å²) in [7, 11) is 0. The maximum absolute atomic E-state index is 12.8. The second kappa shape index (κ2) is 11.2. The Balaban J connectivity index is 1.37. The van der Waals surface area contributed by atoms with Crippen LogP contribution in [0.5, 0.6) is 0 Å². The highest BCUT2D eigenvalue weighted by Gasteiger charge is 2.30. The number of pyridine rings is 2. The Morgan fingerprint density at radius 3 is 2.37 bits per heavy atom. The fourth-order valence-electron chi connectivity index (χ4n) is 4.02. The lowest BCUT2D eigenvalue weighted by Gasteiger charge is -2.32. The van der Waals surface area contributed by atoms with E-state index in [0.29, 0.717) is 43.1 Å². The number of likely N-dealkylation sites (tertiary alicyclic amines) is 1. The van der Waals surface area contributed by atoms with E-state index in [1.807, 2.05) is 51.1 Å². The molecule has 11 nitrogen and oxygen atoms in total. The minimum absolute atomic E-state index is 0.0895. The monoisotopic (exact) mass is 518 g/mol. The number of rotatable bonds is 6. The third-order valence-electron chi connectivity index (χ3n) is 5.94. The van der Waals surface area contributed by atoms with E-state index in [-0.39, 0.29) is 29.4 Å². The molecular weight excluding hydrogens is 488 g/mol. The number of nitro groups is 1. The molecule has 11 heteroatoms. The molecule has 1 aromatic carbocycles. The molecule has 0 saturated carbocycles. The number of aromatic nitrogens is 2. The van der Waals surface area contributed by atoms with Gasteiger partial charge in [0.05, 0.1) is 22.5 Å². The highest BCUT2D eigenvalue weighted by molar-refractivity contribution is 5.92. The molecule has 0 radical (unpaired) electrons. The van der Waals surface area contributed by atoms with Crippen LogP contribution in [0.3, 0.4) is 0 Å². The molecule has 2 amide bonds. The topological polar surface area (TPSA) is 140 Å². The van der Waals surface area contributed by atoms with Crippen molar-refractivity contribution >= 4 is 35.0 Å². The zero-order valence-electron chi connectivity index (χ0n) is 21.5. The number of piperidine rings is 1. The number of carbonyl (C=O) groups is 2. The largest absolute Gasteiger partial charge is 0.444 e. The fraction of sp³-hybridized carbons (Fsp3) is 0.333. The molecule has 198 valence electrons. The van der Waals surface area contributed by atoms with E-state index in [9.17, 15) is 19.7 Å². The Morgan fingerprint density at radius 2 is 1.76 bits per heavy atom. The normalized spacial score (nSPS) is 14.0. The molecule has 3 aromatic rings. The Bertz CT molecular complexity index is 1300. The summed E-state index contributed by atoms with van der Waals surface area (Å²) in [4.78, 5) is 46.4. The van der Waals surface area contributed by atoms with Gasteiger partial charge < -0.3 is 20.3 Å². The molecule has 1 aliphatic rings. The van der Waals surface area contributed by atoms with Crippen LogP contribution in [-0.2, 0) is 9.53 Å². The first kappa shape index (κ1) is 26.5. The molecular formula is C27H30N6O5. The van der Waals surface area contributed by atoms with Crippen LogP contribution in [0.2, 0.25) is 0 Å². The average Bonchev–Trinajstić information content (AvgIpc) is 2.89. The van der Waals surface area contributed by atoms with Crippen LogP contribution < -0.4 is 10.6 Å². The maximum Gasteiger partial charge on any atom is 0.410 e. The second-order valence-electron chi connectivity index (χ2n) is 9.98. The number of nitrogens with one attached hydrogen (secondary N) is 2. The Labute approximate surface area is 220 Å². The van der Waals surface area contributed by atoms with Crippen LogP contribution in [0.15, 0.2) is 60.8 Å². The highest BCUT2D eigenvalue weighted by atomic mass is 16.6. The zero-order valence-corrected chi connectivity index (χ0v) is 21.5. The highest BCUT2D eigenvalue weighted by Crippen LogP contribution is 2.29. The fourth-order valence-corrected chi connectivity index (χ4v) is 4.02. The molecule has 0 aliphatic carbocycles. The molecule has 0 atom stereocenters. The van der Waals surface area contributed by atoms with Gasteiger partial charge in [0, 0.05) is 30.6 Å². The van der Waals surface area contributed by atoms with Gasteiger partial charge in [-0.2, -0.15) is 0 Å². The number of hydrogen-bond donors (Lipinski definition) is 2. The lowest BCUT2D eigenvalue weighted by Crippen LogP contribution is -2.43. The van der Waals surface area contributed by atoms with Crippen molar-refractivity contribution in [3.05, 3.63) is 70.9 Å². The van der Waals surface area contributed by atoms with Gasteiger partial charge in [0.1, 0.15) is 11.4 Å². The number of anilines is 3. The average molecular weight is 519 g/mol. The Hall–Kier alpha value is -4.54. The van der Waals surface area contributed by atoms with Gasteiger partial charge >= 0.3 is 11.8 Å². The van der Waals surface area contributed by atoms with Crippen LogP contribution >= 0.6 is 0 Å². The van der Waals surface area contributed by atoms with Gasteiger partial charge in [-0.25, -0.2) is 14.8 Å². The Kier molecular flexibility index (Phi) is 7.85. The van der Waals surface area contributed by atoms with E-state index < -0.39 is 10.5 Å². The Morgan fingerprint density at radius 1 is 1.05 bits per heavy atom. The summed E-state index contributed by atoms with van der Waals surface area (Å²) in [5, 5.41) is 17.3. The second-order valence-corrected chi connectivity index (χ2v) is 9.98. The number of nitrogens with zero attached hydrogens (tertiary/aromatic N) is 4. The molecule has 3 heterocycles. The van der Waals surface area contributed by atoms with Crippen molar-refractivity contribution in [1.29, 1.82) is 0 Å². The molecule has 1 aliphatic heterocycles. The minimum Gasteiger partial charge on any atom is -0.444 e. The van der Waals surface area contributed by atoms with Gasteiger partial charge in [0.2, 0.25) is 11.7 Å². The number of amides is 2. The van der Waals surface area contributed by atoms with Gasteiger partial charge in [-0.1, -0.05) is 30.3 Å². The standard InChI is InChI=1S/C27H30N6O5/c1-27(2,3)38-26(35)32-15-13-19(14-16-32)25(34)31-23-12-9-20(17-28-23)29-24-22(33(36)37)11-10-21(30-24)18-7-5-4-6-8-18/h4-12,17,19H,13-16H2,1-3H3,(H,29,30)(H,28,31,34). The summed E-state index contributed by atoms with van der Waals surface area (Å²) >= 11 is 0. The predicted molar refractivity (Wildman–Crippen MR) is 143 cm³/mol. The van der Waals surface area contributed by atoms with E-state index >= 15 is 0 Å². The van der Waals surface area contributed by atoms with Crippen molar-refractivity contribution in [2.75, 3.05) is 23.7 Å². The van der Waals surface area contributed by atoms with Gasteiger partial charge in [-0.15, -0.1) is 0 Å². The number of hydrogen-bond acceptors (Lipinski definition) is 8. The molecule has 0 spiro atoms. The molecule has 2 N–H and O–H groups in total. The van der Waals surface area contributed by atoms with E-state index in [2.05, 4.69) is 20.6 Å². The van der Waals surface area contributed by atoms with Crippen LogP contribution in [0.1, 0.15) is 33.6 Å². The predicted octanol–water partition coefficient (Wildman–Crippen LogP) is 5.38. The van der Waals surface area contributed by atoms with Gasteiger partial charge in [0.15, 0.2) is 0 Å². The molecule has 1 saturated heterocycles. The lowest BCUT2D eigenvalue weighted by molar-refractivity contribution is -0.384. The van der Waals surface area contributed by atoms with E-state index in [0.717, 1.165) is 5.56 Å². The first-order valence-corrected chi connectivity index (χ1v) is 12.3. The summed E-state index contributed by atoms with van der Waals surface area (Å²) in [5.74, 6) is 0.0260. The smallest absolute Gasteiger partial charge is 0.410 e. The van der Waals surface area contributed by atoms with E-state index in [1.54, 1.807) is 23.1 Å². The van der Waals surface area contributed by atoms with Crippen LogP contribution in [0.4, 0.5) is 27.8 Å². The maximum atomic E-state index is 12.8. The summed E-state index contributed by atoms with van der Waals surface area (Å²) in [6.07, 6.45) is 2.15. The number of benzene rings is 1. The third kappa shape index (κ3) is 6.81. The van der Waals surface area contributed by atoms with Crippen LogP contribution in [0, 0.1) is 16.0 Å². The zero-order chi connectivity index (χ0) is 27.3. The van der Waals surface area contributed by atoms with Gasteiger partial charge in [-0.05, 0) is 51.8 Å². The summed E-state index contributed by atoms with van der Waals surface area (Å²) in [6, 6.07) is 15.7. The first-order chi connectivity index (χ1) is 18.1. The van der Waals surface area contributed by atoms with Gasteiger partial charge in [0.25, 0.3) is 0 Å². The minimum atomic E-state index is -0.566. The molecule has 38 heavy (non-hydrogen) atoms. The van der Waals surface area contributed by atoms with Crippen molar-refractivity contribution in [3.8, 4) is 11.3 Å². The van der Waals surface area contributed by atoms with Crippen molar-refractivity contribution < 1.29 is 19.2 Å². The van der Waals surface area contributed by atoms with Crippen molar-refractivity contribution in [2.24, 2.45) is 5.92 Å². The molecule has 4 rings (SSSR count). The van der Waals surface area contributed by atoms with E-state index in [4.69, 9.17) is 4.74 Å². The van der Waals surface area contributed by atoms with Gasteiger partial charge in [-0.3, -0.25) is 14.9 Å². The quantitative estimate of drug-likeness (QED) is 0.327. The molecule has 2 aromatic heterocycles. The van der Waals surface area contributed by atoms with E-state index in [1.165, 1.54) is 12.3 Å². The van der Waals surface area contributed by atoms with Crippen molar-refractivity contribution in [3.63, 3.8) is 0 Å². The molecule has 0 unspecified atom stereocenters. The van der Waals surface area contributed by atoms with Crippen LogP contribution in [0.25, 0.3) is 11.3 Å². The third-order valence-corrected chi connectivity index (χ3v) is 5.94. The first-order valence-electron chi connectivity index (χ1n) is 12.3. The van der Waals surface area contributed by atoms with Crippen molar-refractivity contribution in [1.82, 2.24) is 14.9 Å². The lowest BCUT2D eigenvalue weighted by atomic mass is 9.96. The SMILES string of the molecule is CC(C)(C)OC(=O)N1CCC(C(=O)Nc2ccc(Nc3nc(-c4ccccc4)ccc3[N+](=O)[O-])cn2)CC1. The summed E-state index contributed by atoms with van der Waals surface area (Å²) < 4.78 is 5.40.